The molecule has 0 amide bonds. The lowest BCUT2D eigenvalue weighted by Gasteiger charge is -2.20. The van der Waals surface area contributed by atoms with Crippen molar-refractivity contribution in [2.75, 3.05) is 0 Å². The molecule has 2 nitrogen and oxygen atoms in total. The standard InChI is InChI=1S/C13H18N2/c1-9-5-6-15(10(9)2)8-11-7-12-3-4-13(11)14-12/h5-6,11-14H,1-4,7-8H2. The van der Waals surface area contributed by atoms with Gasteiger partial charge in [-0.3, -0.25) is 0 Å². The van der Waals surface area contributed by atoms with E-state index in [9.17, 15) is 0 Å². The van der Waals surface area contributed by atoms with Crippen molar-refractivity contribution in [3.63, 3.8) is 0 Å². The third-order valence-electron chi connectivity index (χ3n) is 4.04. The molecule has 2 heteroatoms. The van der Waals surface area contributed by atoms with Crippen LogP contribution in [0.15, 0.2) is 12.3 Å². The van der Waals surface area contributed by atoms with Gasteiger partial charge in [0.05, 0.1) is 0 Å². The maximum absolute atomic E-state index is 4.06. The molecule has 2 saturated heterocycles. The highest BCUT2D eigenvalue weighted by atomic mass is 15.1. The molecular weight excluding hydrogens is 184 g/mol. The van der Waals surface area contributed by atoms with Crippen LogP contribution in [0.5, 0.6) is 0 Å². The summed E-state index contributed by atoms with van der Waals surface area (Å²) in [6.07, 6.45) is 6.20. The van der Waals surface area contributed by atoms with E-state index >= 15 is 0 Å². The smallest absolute Gasteiger partial charge is 0.0401 e. The Morgan fingerprint density at radius 2 is 2.27 bits per heavy atom. The number of nitrogens with one attached hydrogen (secondary N) is 1. The molecule has 2 aliphatic heterocycles. The van der Waals surface area contributed by atoms with Gasteiger partial charge in [0.25, 0.3) is 0 Å². The predicted molar refractivity (Wildman–Crippen MR) is 62.8 cm³/mol. The number of rotatable bonds is 2. The summed E-state index contributed by atoms with van der Waals surface area (Å²) >= 11 is 0. The zero-order chi connectivity index (χ0) is 10.4. The van der Waals surface area contributed by atoms with E-state index in [4.69, 9.17) is 0 Å². The van der Waals surface area contributed by atoms with Crippen molar-refractivity contribution >= 4 is 13.2 Å². The first-order valence-electron chi connectivity index (χ1n) is 5.83. The zero-order valence-electron chi connectivity index (χ0n) is 9.08. The Labute approximate surface area is 90.3 Å². The van der Waals surface area contributed by atoms with Gasteiger partial charge in [-0.05, 0) is 36.5 Å². The summed E-state index contributed by atoms with van der Waals surface area (Å²) in [5.41, 5.74) is 0. The van der Waals surface area contributed by atoms with E-state index in [1.54, 1.807) is 0 Å². The van der Waals surface area contributed by atoms with Crippen molar-refractivity contribution in [2.45, 2.75) is 37.9 Å². The average Bonchev–Trinajstić information content (AvgIpc) is 2.89. The number of aromatic nitrogens is 1. The Bertz CT molecular complexity index is 459. The maximum atomic E-state index is 4.06. The van der Waals surface area contributed by atoms with Gasteiger partial charge in [0.1, 0.15) is 0 Å². The summed E-state index contributed by atoms with van der Waals surface area (Å²) in [4.78, 5) is 0. The minimum atomic E-state index is 0.755. The number of nitrogens with zero attached hydrogens (tertiary/aromatic N) is 1. The zero-order valence-corrected chi connectivity index (χ0v) is 9.08. The third kappa shape index (κ3) is 1.44. The van der Waals surface area contributed by atoms with E-state index < -0.39 is 0 Å². The van der Waals surface area contributed by atoms with Gasteiger partial charge in [-0.1, -0.05) is 13.2 Å². The first-order valence-corrected chi connectivity index (χ1v) is 5.83. The minimum absolute atomic E-state index is 0.755. The molecule has 0 saturated carbocycles. The quantitative estimate of drug-likeness (QED) is 0.737. The molecule has 3 heterocycles. The maximum Gasteiger partial charge on any atom is 0.0401 e. The number of hydrogen-bond acceptors (Lipinski definition) is 1. The van der Waals surface area contributed by atoms with Crippen LogP contribution in [0.3, 0.4) is 0 Å². The van der Waals surface area contributed by atoms with E-state index in [1.807, 2.05) is 0 Å². The molecule has 1 aromatic heterocycles. The second-order valence-corrected chi connectivity index (χ2v) is 4.98. The van der Waals surface area contributed by atoms with Crippen LogP contribution in [0.1, 0.15) is 19.3 Å². The molecule has 1 aromatic rings. The van der Waals surface area contributed by atoms with Gasteiger partial charge < -0.3 is 9.88 Å². The fraction of sp³-hybridized carbons (Fsp3) is 0.538. The van der Waals surface area contributed by atoms with Crippen LogP contribution >= 0.6 is 0 Å². The Balaban J connectivity index is 1.79. The van der Waals surface area contributed by atoms with Gasteiger partial charge in [0.15, 0.2) is 0 Å². The molecule has 15 heavy (non-hydrogen) atoms. The Kier molecular flexibility index (Phi) is 1.99. The lowest BCUT2D eigenvalue weighted by atomic mass is 9.89. The molecule has 3 unspecified atom stereocenters. The highest BCUT2D eigenvalue weighted by molar-refractivity contribution is 5.12. The second-order valence-electron chi connectivity index (χ2n) is 4.98. The predicted octanol–water partition coefficient (Wildman–Crippen LogP) is 0.449. The van der Waals surface area contributed by atoms with E-state index in [0.717, 1.165) is 35.1 Å². The van der Waals surface area contributed by atoms with E-state index in [-0.39, 0.29) is 0 Å². The van der Waals surface area contributed by atoms with Crippen molar-refractivity contribution in [2.24, 2.45) is 5.92 Å². The van der Waals surface area contributed by atoms with E-state index in [2.05, 4.69) is 35.3 Å². The molecule has 1 N–H and O–H groups in total. The molecule has 0 aromatic carbocycles. The van der Waals surface area contributed by atoms with Crippen molar-refractivity contribution < 1.29 is 0 Å². The van der Waals surface area contributed by atoms with Gasteiger partial charge in [-0.25, -0.2) is 0 Å². The summed E-state index contributed by atoms with van der Waals surface area (Å²) in [5.74, 6) is 0.802. The SMILES string of the molecule is C=c1ccn(CC2CC3CCC2N3)c1=C. The van der Waals surface area contributed by atoms with Crippen LogP contribution < -0.4 is 15.9 Å². The van der Waals surface area contributed by atoms with Gasteiger partial charge >= 0.3 is 0 Å². The average molecular weight is 202 g/mol. The van der Waals surface area contributed by atoms with Gasteiger partial charge in [-0.2, -0.15) is 0 Å². The monoisotopic (exact) mass is 202 g/mol. The van der Waals surface area contributed by atoms with E-state index in [0.29, 0.717) is 0 Å². The van der Waals surface area contributed by atoms with Crippen molar-refractivity contribution in [3.05, 3.63) is 22.8 Å². The fourth-order valence-corrected chi connectivity index (χ4v) is 3.11. The Morgan fingerprint density at radius 1 is 1.40 bits per heavy atom. The van der Waals surface area contributed by atoms with Crippen LogP contribution in [-0.4, -0.2) is 16.7 Å². The largest absolute Gasteiger partial charge is 0.348 e. The van der Waals surface area contributed by atoms with Gasteiger partial charge in [-0.15, -0.1) is 0 Å². The lowest BCUT2D eigenvalue weighted by Crippen LogP contribution is -2.32. The summed E-state index contributed by atoms with van der Waals surface area (Å²) in [5, 5.41) is 5.82. The highest BCUT2D eigenvalue weighted by Crippen LogP contribution is 2.33. The highest BCUT2D eigenvalue weighted by Gasteiger charge is 2.38. The summed E-state index contributed by atoms with van der Waals surface area (Å²) in [6, 6.07) is 3.61. The summed E-state index contributed by atoms with van der Waals surface area (Å²) in [6.45, 7) is 9.14. The summed E-state index contributed by atoms with van der Waals surface area (Å²) < 4.78 is 2.26. The van der Waals surface area contributed by atoms with Crippen molar-refractivity contribution in [1.82, 2.24) is 9.88 Å². The molecule has 3 rings (SSSR count). The molecule has 0 spiro atoms. The second kappa shape index (κ2) is 3.24. The molecular formula is C13H18N2. The summed E-state index contributed by atoms with van der Waals surface area (Å²) in [7, 11) is 0. The first kappa shape index (κ1) is 9.22. The molecule has 2 aliphatic rings. The van der Waals surface area contributed by atoms with Crippen LogP contribution in [0.2, 0.25) is 0 Å². The molecule has 2 fully saturated rings. The molecule has 80 valence electrons. The number of hydrogen-bond donors (Lipinski definition) is 1. The molecule has 0 aliphatic carbocycles. The fourth-order valence-electron chi connectivity index (χ4n) is 3.11. The molecule has 2 bridgehead atoms. The lowest BCUT2D eigenvalue weighted by molar-refractivity contribution is 0.355. The van der Waals surface area contributed by atoms with Crippen LogP contribution in [0.25, 0.3) is 13.2 Å². The first-order chi connectivity index (χ1) is 7.24. The molecule has 3 atom stereocenters. The molecule has 0 radical (unpaired) electrons. The van der Waals surface area contributed by atoms with Crippen LogP contribution in [0, 0.1) is 5.92 Å². The third-order valence-corrected chi connectivity index (χ3v) is 4.04. The van der Waals surface area contributed by atoms with Crippen LogP contribution in [-0.2, 0) is 6.54 Å². The van der Waals surface area contributed by atoms with Gasteiger partial charge in [0.2, 0.25) is 0 Å². The number of fused-ring (bicyclic) bond motifs is 2. The van der Waals surface area contributed by atoms with E-state index in [1.165, 1.54) is 19.3 Å². The van der Waals surface area contributed by atoms with Gasteiger partial charge in [0, 0.05) is 30.2 Å². The normalized spacial score (nSPS) is 33.7. The Hall–Kier alpha value is -1.02. The Morgan fingerprint density at radius 3 is 2.80 bits per heavy atom. The van der Waals surface area contributed by atoms with Crippen molar-refractivity contribution in [3.8, 4) is 0 Å². The van der Waals surface area contributed by atoms with Crippen molar-refractivity contribution in [1.29, 1.82) is 0 Å². The van der Waals surface area contributed by atoms with Crippen LogP contribution in [0.4, 0.5) is 0 Å². The minimum Gasteiger partial charge on any atom is -0.348 e. The topological polar surface area (TPSA) is 17.0 Å².